The molecule has 3 aromatic rings. The molecule has 0 radical (unpaired) electrons. The molecule has 0 saturated carbocycles. The fourth-order valence-electron chi connectivity index (χ4n) is 2.72. The van der Waals surface area contributed by atoms with Gasteiger partial charge in [-0.25, -0.2) is 4.98 Å². The van der Waals surface area contributed by atoms with E-state index in [2.05, 4.69) is 16.8 Å². The molecule has 0 unspecified atom stereocenters. The van der Waals surface area contributed by atoms with Gasteiger partial charge in [0.25, 0.3) is 0 Å². The summed E-state index contributed by atoms with van der Waals surface area (Å²) in [5.41, 5.74) is 2.83. The van der Waals surface area contributed by atoms with Crippen molar-refractivity contribution in [1.29, 1.82) is 0 Å². The summed E-state index contributed by atoms with van der Waals surface area (Å²) in [5, 5.41) is 8.89. The summed E-state index contributed by atoms with van der Waals surface area (Å²) in [6, 6.07) is 13.9. The van der Waals surface area contributed by atoms with E-state index in [1.54, 1.807) is 13.3 Å². The zero-order chi connectivity index (χ0) is 19.1. The number of rotatable bonds is 6. The van der Waals surface area contributed by atoms with Gasteiger partial charge in [-0.05, 0) is 19.1 Å². The Hall–Kier alpha value is -2.88. The first-order chi connectivity index (χ1) is 13.2. The highest BCUT2D eigenvalue weighted by atomic mass is 32.1. The normalized spacial score (nSPS) is 10.3. The van der Waals surface area contributed by atoms with E-state index in [9.17, 15) is 4.79 Å². The number of hydrogen-bond acceptors (Lipinski definition) is 5. The number of ether oxygens (including phenoxy) is 1. The number of esters is 1. The van der Waals surface area contributed by atoms with Gasteiger partial charge in [0, 0.05) is 12.1 Å². The summed E-state index contributed by atoms with van der Waals surface area (Å²) in [4.78, 5) is 18.3. The maximum absolute atomic E-state index is 11.8. The maximum atomic E-state index is 11.8. The fourth-order valence-corrected chi connectivity index (χ4v) is 3.66. The van der Waals surface area contributed by atoms with Crippen LogP contribution in [0.5, 0.6) is 0 Å². The Morgan fingerprint density at radius 1 is 1.26 bits per heavy atom. The van der Waals surface area contributed by atoms with Crippen LogP contribution in [0.15, 0.2) is 48.8 Å². The van der Waals surface area contributed by atoms with Crippen molar-refractivity contribution in [3.05, 3.63) is 53.7 Å². The summed E-state index contributed by atoms with van der Waals surface area (Å²) < 4.78 is 7.02. The second kappa shape index (κ2) is 9.17. The molecule has 0 aliphatic carbocycles. The lowest BCUT2D eigenvalue weighted by atomic mass is 10.1. The lowest BCUT2D eigenvalue weighted by Gasteiger charge is -2.09. The second-order valence-electron chi connectivity index (χ2n) is 5.68. The Morgan fingerprint density at radius 3 is 2.81 bits per heavy atom. The van der Waals surface area contributed by atoms with Crippen LogP contribution in [0.25, 0.3) is 21.8 Å². The SMILES string of the molecule is CCOC(=O)CCn1cnc(-c2ccccc2)c1-c1ccc(C#CCO)s1. The number of benzene rings is 1. The summed E-state index contributed by atoms with van der Waals surface area (Å²) in [6.07, 6.45) is 2.05. The Morgan fingerprint density at radius 2 is 2.07 bits per heavy atom. The van der Waals surface area contributed by atoms with Crippen molar-refractivity contribution >= 4 is 17.3 Å². The Bertz CT molecular complexity index is 964. The van der Waals surface area contributed by atoms with Crippen molar-refractivity contribution in [2.24, 2.45) is 0 Å². The Labute approximate surface area is 162 Å². The molecule has 1 aromatic carbocycles. The molecule has 27 heavy (non-hydrogen) atoms. The number of aliphatic hydroxyl groups is 1. The minimum atomic E-state index is -0.223. The zero-order valence-electron chi connectivity index (χ0n) is 15.0. The molecule has 0 saturated heterocycles. The quantitative estimate of drug-likeness (QED) is 0.524. The molecular formula is C21H20N2O3S. The van der Waals surface area contributed by atoms with Crippen LogP contribution in [-0.4, -0.2) is 33.8 Å². The van der Waals surface area contributed by atoms with E-state index in [-0.39, 0.29) is 19.0 Å². The van der Waals surface area contributed by atoms with Crippen molar-refractivity contribution in [3.8, 4) is 33.7 Å². The molecule has 0 amide bonds. The van der Waals surface area contributed by atoms with Crippen LogP contribution in [0.2, 0.25) is 0 Å². The third-order valence-corrected chi connectivity index (χ3v) is 4.88. The molecule has 0 aliphatic heterocycles. The first-order valence-electron chi connectivity index (χ1n) is 8.69. The van der Waals surface area contributed by atoms with Crippen LogP contribution in [0.4, 0.5) is 0 Å². The number of thiophene rings is 1. The third-order valence-electron chi connectivity index (χ3n) is 3.88. The van der Waals surface area contributed by atoms with Gasteiger partial charge in [0.05, 0.1) is 40.5 Å². The van der Waals surface area contributed by atoms with E-state index in [1.165, 1.54) is 11.3 Å². The predicted octanol–water partition coefficient (Wildman–Crippen LogP) is 3.58. The molecule has 5 nitrogen and oxygen atoms in total. The van der Waals surface area contributed by atoms with E-state index < -0.39 is 0 Å². The number of nitrogens with zero attached hydrogens (tertiary/aromatic N) is 2. The topological polar surface area (TPSA) is 64.4 Å². The van der Waals surface area contributed by atoms with Gasteiger partial charge in [0.1, 0.15) is 6.61 Å². The van der Waals surface area contributed by atoms with E-state index >= 15 is 0 Å². The Balaban J connectivity index is 1.98. The van der Waals surface area contributed by atoms with Gasteiger partial charge in [0.2, 0.25) is 0 Å². The van der Waals surface area contributed by atoms with E-state index in [0.29, 0.717) is 13.2 Å². The Kier molecular flexibility index (Phi) is 6.42. The molecule has 0 atom stereocenters. The van der Waals surface area contributed by atoms with Gasteiger partial charge in [-0.3, -0.25) is 4.79 Å². The number of hydrogen-bond donors (Lipinski definition) is 1. The maximum Gasteiger partial charge on any atom is 0.307 e. The molecule has 1 N–H and O–H groups in total. The zero-order valence-corrected chi connectivity index (χ0v) is 15.8. The summed E-state index contributed by atoms with van der Waals surface area (Å²) >= 11 is 1.54. The average molecular weight is 380 g/mol. The number of carbonyl (C=O) groups excluding carboxylic acids is 1. The summed E-state index contributed by atoms with van der Waals surface area (Å²) in [6.45, 7) is 2.50. The van der Waals surface area contributed by atoms with Gasteiger partial charge in [-0.1, -0.05) is 42.2 Å². The lowest BCUT2D eigenvalue weighted by Crippen LogP contribution is -2.09. The highest BCUT2D eigenvalue weighted by molar-refractivity contribution is 7.16. The molecule has 6 heteroatoms. The molecule has 0 spiro atoms. The van der Waals surface area contributed by atoms with Crippen LogP contribution in [0.3, 0.4) is 0 Å². The minimum Gasteiger partial charge on any atom is -0.466 e. The van der Waals surface area contributed by atoms with Gasteiger partial charge >= 0.3 is 5.97 Å². The van der Waals surface area contributed by atoms with Gasteiger partial charge in [-0.2, -0.15) is 0 Å². The minimum absolute atomic E-state index is 0.167. The summed E-state index contributed by atoms with van der Waals surface area (Å²) in [7, 11) is 0. The van der Waals surface area contributed by atoms with Crippen LogP contribution < -0.4 is 0 Å². The van der Waals surface area contributed by atoms with Gasteiger partial charge < -0.3 is 14.4 Å². The first kappa shape index (κ1) is 18.9. The largest absolute Gasteiger partial charge is 0.466 e. The van der Waals surface area contributed by atoms with Crippen LogP contribution in [0.1, 0.15) is 18.2 Å². The highest BCUT2D eigenvalue weighted by Gasteiger charge is 2.17. The van der Waals surface area contributed by atoms with Crippen molar-refractivity contribution < 1.29 is 14.6 Å². The van der Waals surface area contributed by atoms with E-state index in [0.717, 1.165) is 26.7 Å². The molecule has 138 valence electrons. The van der Waals surface area contributed by atoms with Gasteiger partial charge in [0.15, 0.2) is 0 Å². The smallest absolute Gasteiger partial charge is 0.307 e. The monoisotopic (exact) mass is 380 g/mol. The molecule has 0 fully saturated rings. The third kappa shape index (κ3) is 4.64. The molecule has 2 aromatic heterocycles. The van der Waals surface area contributed by atoms with E-state index in [1.807, 2.05) is 47.0 Å². The number of carbonyl (C=O) groups is 1. The van der Waals surface area contributed by atoms with Crippen LogP contribution in [0, 0.1) is 11.8 Å². The molecule has 2 heterocycles. The van der Waals surface area contributed by atoms with Crippen molar-refractivity contribution in [2.45, 2.75) is 19.9 Å². The molecule has 3 rings (SSSR count). The summed E-state index contributed by atoms with van der Waals surface area (Å²) in [5.74, 6) is 5.38. The standard InChI is InChI=1S/C21H20N2O3S/c1-2-26-19(25)12-13-23-15-22-20(16-7-4-3-5-8-16)21(23)18-11-10-17(27-18)9-6-14-24/h3-5,7-8,10-11,15,24H,2,12-14H2,1H3. The van der Waals surface area contributed by atoms with Crippen molar-refractivity contribution in [3.63, 3.8) is 0 Å². The number of aryl methyl sites for hydroxylation is 1. The number of imidazole rings is 1. The van der Waals surface area contributed by atoms with Crippen molar-refractivity contribution in [1.82, 2.24) is 9.55 Å². The molecule has 0 bridgehead atoms. The second-order valence-corrected chi connectivity index (χ2v) is 6.76. The van der Waals surface area contributed by atoms with Crippen LogP contribution in [-0.2, 0) is 16.1 Å². The van der Waals surface area contributed by atoms with E-state index in [4.69, 9.17) is 9.84 Å². The number of aromatic nitrogens is 2. The first-order valence-corrected chi connectivity index (χ1v) is 9.50. The predicted molar refractivity (Wildman–Crippen MR) is 106 cm³/mol. The van der Waals surface area contributed by atoms with Crippen molar-refractivity contribution in [2.75, 3.05) is 13.2 Å². The molecule has 0 aliphatic rings. The average Bonchev–Trinajstić information content (AvgIpc) is 3.32. The lowest BCUT2D eigenvalue weighted by molar-refractivity contribution is -0.143. The highest BCUT2D eigenvalue weighted by Crippen LogP contribution is 2.35. The van der Waals surface area contributed by atoms with Gasteiger partial charge in [-0.15, -0.1) is 11.3 Å². The molecular weight excluding hydrogens is 360 g/mol. The fraction of sp³-hybridized carbons (Fsp3) is 0.238. The van der Waals surface area contributed by atoms with Crippen LogP contribution >= 0.6 is 11.3 Å². The number of aliphatic hydroxyl groups excluding tert-OH is 1.